The first-order valence-corrected chi connectivity index (χ1v) is 5.75. The van der Waals surface area contributed by atoms with Crippen LogP contribution in [0, 0.1) is 0 Å². The van der Waals surface area contributed by atoms with Crippen LogP contribution in [0.25, 0.3) is 11.4 Å². The molecule has 2 aromatic rings. The summed E-state index contributed by atoms with van der Waals surface area (Å²) in [5, 5.41) is 0. The van der Waals surface area contributed by atoms with Gasteiger partial charge in [0.05, 0.1) is 20.3 Å². The molecule has 0 aliphatic heterocycles. The van der Waals surface area contributed by atoms with Gasteiger partial charge in [-0.3, -0.25) is 0 Å². The Morgan fingerprint density at radius 1 is 0.941 bits per heavy atom. The number of benzene rings is 1. The molecule has 2 rings (SSSR count). The highest BCUT2D eigenvalue weighted by Crippen LogP contribution is 2.23. The van der Waals surface area contributed by atoms with E-state index in [1.165, 1.54) is 0 Å². The van der Waals surface area contributed by atoms with Crippen molar-refractivity contribution in [1.82, 2.24) is 9.97 Å². The molecular formula is C12H11BrN2O2. The van der Waals surface area contributed by atoms with E-state index in [2.05, 4.69) is 25.9 Å². The highest BCUT2D eigenvalue weighted by Gasteiger charge is 2.07. The Balaban J connectivity index is 2.46. The van der Waals surface area contributed by atoms with Crippen LogP contribution >= 0.6 is 15.9 Å². The topological polar surface area (TPSA) is 44.2 Å². The second-order valence-electron chi connectivity index (χ2n) is 3.28. The molecule has 0 spiro atoms. The summed E-state index contributed by atoms with van der Waals surface area (Å²) < 4.78 is 11.2. The number of hydrogen-bond acceptors (Lipinski definition) is 4. The standard InChI is InChI=1S/C12H11BrN2O2/c1-16-10-7-11(17-2)15-12(14-10)8-3-5-9(13)6-4-8/h3-7H,1-2H3. The van der Waals surface area contributed by atoms with Crippen LogP contribution in [-0.4, -0.2) is 24.2 Å². The minimum atomic E-state index is 0.481. The first-order valence-electron chi connectivity index (χ1n) is 4.96. The molecule has 5 heteroatoms. The summed E-state index contributed by atoms with van der Waals surface area (Å²) in [7, 11) is 3.13. The first kappa shape index (κ1) is 11.9. The largest absolute Gasteiger partial charge is 0.481 e. The number of methoxy groups -OCH3 is 2. The van der Waals surface area contributed by atoms with Gasteiger partial charge in [-0.15, -0.1) is 0 Å². The van der Waals surface area contributed by atoms with E-state index < -0.39 is 0 Å². The summed E-state index contributed by atoms with van der Waals surface area (Å²) in [6, 6.07) is 9.37. The Morgan fingerprint density at radius 2 is 1.47 bits per heavy atom. The summed E-state index contributed by atoms with van der Waals surface area (Å²) in [5.74, 6) is 1.54. The van der Waals surface area contributed by atoms with Gasteiger partial charge in [0.15, 0.2) is 5.82 Å². The molecule has 0 amide bonds. The maximum Gasteiger partial charge on any atom is 0.220 e. The van der Waals surface area contributed by atoms with E-state index >= 15 is 0 Å². The van der Waals surface area contributed by atoms with E-state index in [9.17, 15) is 0 Å². The van der Waals surface area contributed by atoms with Crippen molar-refractivity contribution in [1.29, 1.82) is 0 Å². The summed E-state index contributed by atoms with van der Waals surface area (Å²) in [6.07, 6.45) is 0. The van der Waals surface area contributed by atoms with Crippen molar-refractivity contribution in [3.05, 3.63) is 34.8 Å². The Bertz CT molecular complexity index is 492. The molecule has 0 fully saturated rings. The monoisotopic (exact) mass is 294 g/mol. The average Bonchev–Trinajstić information content (AvgIpc) is 2.39. The van der Waals surface area contributed by atoms with Crippen LogP contribution in [0.4, 0.5) is 0 Å². The van der Waals surface area contributed by atoms with E-state index in [1.54, 1.807) is 20.3 Å². The number of ether oxygens (including phenoxy) is 2. The summed E-state index contributed by atoms with van der Waals surface area (Å²) in [4.78, 5) is 8.54. The number of aromatic nitrogens is 2. The van der Waals surface area contributed by atoms with Crippen molar-refractivity contribution in [2.45, 2.75) is 0 Å². The van der Waals surface area contributed by atoms with Crippen LogP contribution in [0.2, 0.25) is 0 Å². The molecule has 17 heavy (non-hydrogen) atoms. The molecule has 0 atom stereocenters. The number of nitrogens with zero attached hydrogens (tertiary/aromatic N) is 2. The molecule has 1 heterocycles. The van der Waals surface area contributed by atoms with Gasteiger partial charge in [0.1, 0.15) is 0 Å². The van der Waals surface area contributed by atoms with Crippen LogP contribution < -0.4 is 9.47 Å². The van der Waals surface area contributed by atoms with E-state index in [1.807, 2.05) is 24.3 Å². The van der Waals surface area contributed by atoms with Gasteiger partial charge in [-0.05, 0) is 12.1 Å². The van der Waals surface area contributed by atoms with Crippen molar-refractivity contribution in [2.75, 3.05) is 14.2 Å². The molecule has 0 bridgehead atoms. The van der Waals surface area contributed by atoms with Gasteiger partial charge in [-0.2, -0.15) is 9.97 Å². The van der Waals surface area contributed by atoms with Crippen molar-refractivity contribution in [3.8, 4) is 23.1 Å². The molecule has 88 valence electrons. The smallest absolute Gasteiger partial charge is 0.220 e. The normalized spacial score (nSPS) is 10.1. The third kappa shape index (κ3) is 2.74. The SMILES string of the molecule is COc1cc(OC)nc(-c2ccc(Br)cc2)n1. The Kier molecular flexibility index (Phi) is 3.58. The maximum atomic E-state index is 5.10. The van der Waals surface area contributed by atoms with Crippen LogP contribution in [0.1, 0.15) is 0 Å². The lowest BCUT2D eigenvalue weighted by atomic mass is 10.2. The summed E-state index contributed by atoms with van der Waals surface area (Å²) in [6.45, 7) is 0. The molecule has 1 aromatic heterocycles. The Morgan fingerprint density at radius 3 is 1.94 bits per heavy atom. The zero-order chi connectivity index (χ0) is 12.3. The lowest BCUT2D eigenvalue weighted by molar-refractivity contribution is 0.372. The molecule has 0 aliphatic carbocycles. The number of halogens is 1. The van der Waals surface area contributed by atoms with Crippen LogP contribution in [0.5, 0.6) is 11.8 Å². The second kappa shape index (κ2) is 5.14. The molecule has 4 nitrogen and oxygen atoms in total. The van der Waals surface area contributed by atoms with Crippen molar-refractivity contribution < 1.29 is 9.47 Å². The zero-order valence-corrected chi connectivity index (χ0v) is 11.1. The van der Waals surface area contributed by atoms with Crippen molar-refractivity contribution in [2.24, 2.45) is 0 Å². The van der Waals surface area contributed by atoms with E-state index in [0.717, 1.165) is 10.0 Å². The highest BCUT2D eigenvalue weighted by molar-refractivity contribution is 9.10. The van der Waals surface area contributed by atoms with Gasteiger partial charge in [-0.25, -0.2) is 0 Å². The summed E-state index contributed by atoms with van der Waals surface area (Å²) in [5.41, 5.74) is 0.908. The molecule has 0 aliphatic rings. The molecule has 1 aromatic carbocycles. The van der Waals surface area contributed by atoms with Gasteiger partial charge in [0.2, 0.25) is 11.8 Å². The third-order valence-corrected chi connectivity index (χ3v) is 2.73. The van der Waals surface area contributed by atoms with Crippen molar-refractivity contribution in [3.63, 3.8) is 0 Å². The van der Waals surface area contributed by atoms with E-state index in [-0.39, 0.29) is 0 Å². The second-order valence-corrected chi connectivity index (χ2v) is 4.20. The van der Waals surface area contributed by atoms with Gasteiger partial charge >= 0.3 is 0 Å². The molecule has 0 N–H and O–H groups in total. The van der Waals surface area contributed by atoms with Crippen LogP contribution in [0.15, 0.2) is 34.8 Å². The molecule has 0 radical (unpaired) electrons. The van der Waals surface area contributed by atoms with Crippen LogP contribution in [0.3, 0.4) is 0 Å². The van der Waals surface area contributed by atoms with Gasteiger partial charge in [0.25, 0.3) is 0 Å². The Labute approximate surface area is 108 Å². The van der Waals surface area contributed by atoms with E-state index in [0.29, 0.717) is 17.6 Å². The van der Waals surface area contributed by atoms with Gasteiger partial charge < -0.3 is 9.47 Å². The lowest BCUT2D eigenvalue weighted by Crippen LogP contribution is -1.96. The fraction of sp³-hybridized carbons (Fsp3) is 0.167. The molecule has 0 saturated carbocycles. The number of hydrogen-bond donors (Lipinski definition) is 0. The molecular weight excluding hydrogens is 284 g/mol. The van der Waals surface area contributed by atoms with Gasteiger partial charge in [-0.1, -0.05) is 28.1 Å². The fourth-order valence-corrected chi connectivity index (χ4v) is 1.61. The minimum Gasteiger partial charge on any atom is -0.481 e. The maximum absolute atomic E-state index is 5.10. The highest BCUT2D eigenvalue weighted by atomic mass is 79.9. The average molecular weight is 295 g/mol. The zero-order valence-electron chi connectivity index (χ0n) is 9.48. The predicted molar refractivity (Wildman–Crippen MR) is 68.3 cm³/mol. The van der Waals surface area contributed by atoms with Crippen LogP contribution in [-0.2, 0) is 0 Å². The Hall–Kier alpha value is -1.62. The molecule has 0 unspecified atom stereocenters. The van der Waals surface area contributed by atoms with Gasteiger partial charge in [0, 0.05) is 10.0 Å². The minimum absolute atomic E-state index is 0.481. The predicted octanol–water partition coefficient (Wildman–Crippen LogP) is 2.92. The number of rotatable bonds is 3. The quantitative estimate of drug-likeness (QED) is 0.873. The van der Waals surface area contributed by atoms with E-state index in [4.69, 9.17) is 9.47 Å². The van der Waals surface area contributed by atoms with Crippen molar-refractivity contribution >= 4 is 15.9 Å². The lowest BCUT2D eigenvalue weighted by Gasteiger charge is -2.06. The first-order chi connectivity index (χ1) is 8.22. The fourth-order valence-electron chi connectivity index (χ4n) is 1.34. The molecule has 0 saturated heterocycles. The third-order valence-electron chi connectivity index (χ3n) is 2.20. The summed E-state index contributed by atoms with van der Waals surface area (Å²) >= 11 is 3.38.